The fourth-order valence-electron chi connectivity index (χ4n) is 4.62. The monoisotopic (exact) mass is 476 g/mol. The maximum atomic E-state index is 13.3. The highest BCUT2D eigenvalue weighted by molar-refractivity contribution is 5.93. The zero-order valence-corrected chi connectivity index (χ0v) is 19.7. The minimum absolute atomic E-state index is 0.0753. The van der Waals surface area contributed by atoms with Crippen molar-refractivity contribution in [1.29, 1.82) is 0 Å². The number of hydrogen-bond donors (Lipinski definition) is 0. The molecule has 3 aliphatic heterocycles. The summed E-state index contributed by atoms with van der Waals surface area (Å²) in [4.78, 5) is 29.2. The summed E-state index contributed by atoms with van der Waals surface area (Å²) in [6.45, 7) is 10.5. The largest absolute Gasteiger partial charge is 0.493 e. The Hall–Kier alpha value is -3.79. The van der Waals surface area contributed by atoms with E-state index < -0.39 is 0 Å². The van der Waals surface area contributed by atoms with Crippen LogP contribution in [0.25, 0.3) is 5.70 Å². The molecule has 1 atom stereocenters. The van der Waals surface area contributed by atoms with Crippen molar-refractivity contribution in [3.05, 3.63) is 71.3 Å². The SMILES string of the molecule is C=C1OCC(C(=O)N2CCN(CCc3ccc4c(c3)COC4=O)CC2)C1=CC=C(C)n1cnnn1. The van der Waals surface area contributed by atoms with Crippen LogP contribution < -0.4 is 0 Å². The smallest absolute Gasteiger partial charge is 0.338 e. The first kappa shape index (κ1) is 23.0. The van der Waals surface area contributed by atoms with Crippen molar-refractivity contribution in [3.8, 4) is 0 Å². The first-order valence-corrected chi connectivity index (χ1v) is 11.7. The summed E-state index contributed by atoms with van der Waals surface area (Å²) in [5, 5.41) is 11.2. The van der Waals surface area contributed by atoms with Crippen LogP contribution in [-0.4, -0.2) is 81.2 Å². The van der Waals surface area contributed by atoms with E-state index in [4.69, 9.17) is 9.47 Å². The number of amides is 1. The number of tetrazole rings is 1. The van der Waals surface area contributed by atoms with Crippen LogP contribution in [0.4, 0.5) is 0 Å². The lowest BCUT2D eigenvalue weighted by atomic mass is 9.98. The van der Waals surface area contributed by atoms with Crippen molar-refractivity contribution >= 4 is 17.6 Å². The maximum Gasteiger partial charge on any atom is 0.338 e. The second-order valence-electron chi connectivity index (χ2n) is 8.96. The first-order valence-electron chi connectivity index (χ1n) is 11.7. The molecule has 2 aromatic rings. The minimum atomic E-state index is -0.358. The van der Waals surface area contributed by atoms with E-state index in [1.165, 1.54) is 11.9 Å². The molecule has 1 aromatic heterocycles. The van der Waals surface area contributed by atoms with Gasteiger partial charge < -0.3 is 14.4 Å². The highest BCUT2D eigenvalue weighted by atomic mass is 16.5. The van der Waals surface area contributed by atoms with Crippen molar-refractivity contribution in [2.75, 3.05) is 39.3 Å². The molecule has 5 rings (SSSR count). The highest BCUT2D eigenvalue weighted by Crippen LogP contribution is 2.31. The number of benzene rings is 1. The molecule has 2 saturated heterocycles. The zero-order valence-electron chi connectivity index (χ0n) is 19.7. The Morgan fingerprint density at radius 3 is 2.83 bits per heavy atom. The van der Waals surface area contributed by atoms with E-state index in [2.05, 4.69) is 33.1 Å². The van der Waals surface area contributed by atoms with Crippen LogP contribution in [0.5, 0.6) is 0 Å². The van der Waals surface area contributed by atoms with Gasteiger partial charge in [0.05, 0.1) is 5.56 Å². The van der Waals surface area contributed by atoms with E-state index in [1.54, 1.807) is 4.68 Å². The number of esters is 1. The third kappa shape index (κ3) is 4.88. The maximum absolute atomic E-state index is 13.3. The van der Waals surface area contributed by atoms with Gasteiger partial charge in [-0.2, -0.15) is 0 Å². The van der Waals surface area contributed by atoms with E-state index >= 15 is 0 Å². The van der Waals surface area contributed by atoms with Gasteiger partial charge in [-0.3, -0.25) is 9.69 Å². The van der Waals surface area contributed by atoms with Gasteiger partial charge in [-0.1, -0.05) is 24.8 Å². The number of allylic oxidation sites excluding steroid dienone is 4. The number of fused-ring (bicyclic) bond motifs is 1. The minimum Gasteiger partial charge on any atom is -0.493 e. The third-order valence-electron chi connectivity index (χ3n) is 6.78. The van der Waals surface area contributed by atoms with Gasteiger partial charge in [0.1, 0.15) is 31.2 Å². The molecule has 2 fully saturated rings. The Bertz CT molecular complexity index is 1190. The fraction of sp³-hybridized carbons (Fsp3) is 0.400. The summed E-state index contributed by atoms with van der Waals surface area (Å²) in [6.07, 6.45) is 6.16. The number of carbonyl (C=O) groups excluding carboxylic acids is 2. The number of aromatic nitrogens is 4. The quantitative estimate of drug-likeness (QED) is 0.581. The van der Waals surface area contributed by atoms with Gasteiger partial charge in [0, 0.05) is 49.6 Å². The van der Waals surface area contributed by atoms with E-state index in [-0.39, 0.29) is 17.8 Å². The van der Waals surface area contributed by atoms with Gasteiger partial charge in [-0.15, -0.1) is 5.10 Å². The number of rotatable bonds is 6. The molecular weight excluding hydrogens is 448 g/mol. The third-order valence-corrected chi connectivity index (χ3v) is 6.78. The van der Waals surface area contributed by atoms with Crippen molar-refractivity contribution in [3.63, 3.8) is 0 Å². The molecule has 4 heterocycles. The van der Waals surface area contributed by atoms with Gasteiger partial charge in [0.2, 0.25) is 5.91 Å². The molecular formula is C25H28N6O4. The Kier molecular flexibility index (Phi) is 6.45. The summed E-state index contributed by atoms with van der Waals surface area (Å²) in [6, 6.07) is 5.93. The summed E-state index contributed by atoms with van der Waals surface area (Å²) in [5.41, 5.74) is 4.46. The number of ether oxygens (including phenoxy) is 2. The van der Waals surface area contributed by atoms with Crippen molar-refractivity contribution in [2.45, 2.75) is 20.0 Å². The fourth-order valence-corrected chi connectivity index (χ4v) is 4.62. The molecule has 10 nitrogen and oxygen atoms in total. The summed E-state index contributed by atoms with van der Waals surface area (Å²) >= 11 is 0. The van der Waals surface area contributed by atoms with E-state index in [0.717, 1.165) is 42.9 Å². The van der Waals surface area contributed by atoms with E-state index in [0.29, 0.717) is 37.6 Å². The Labute approximate surface area is 203 Å². The molecule has 1 aromatic carbocycles. The van der Waals surface area contributed by atoms with Crippen LogP contribution >= 0.6 is 0 Å². The van der Waals surface area contributed by atoms with Crippen molar-refractivity contribution in [2.24, 2.45) is 5.92 Å². The summed E-state index contributed by atoms with van der Waals surface area (Å²) in [5.74, 6) is 0.0130. The van der Waals surface area contributed by atoms with Gasteiger partial charge in [0.25, 0.3) is 0 Å². The van der Waals surface area contributed by atoms with E-state index in [9.17, 15) is 9.59 Å². The molecule has 3 aliphatic rings. The average molecular weight is 477 g/mol. The predicted molar refractivity (Wildman–Crippen MR) is 127 cm³/mol. The first-order chi connectivity index (χ1) is 17.0. The van der Waals surface area contributed by atoms with Gasteiger partial charge in [-0.25, -0.2) is 9.48 Å². The second-order valence-corrected chi connectivity index (χ2v) is 8.96. The summed E-state index contributed by atoms with van der Waals surface area (Å²) < 4.78 is 12.3. The number of nitrogens with zero attached hydrogens (tertiary/aromatic N) is 6. The Morgan fingerprint density at radius 2 is 2.06 bits per heavy atom. The molecule has 0 bridgehead atoms. The lowest BCUT2D eigenvalue weighted by molar-refractivity contribution is -0.136. The highest BCUT2D eigenvalue weighted by Gasteiger charge is 2.35. The van der Waals surface area contributed by atoms with Crippen LogP contribution in [-0.2, 0) is 27.3 Å². The standard InChI is InChI=1S/C25H28N6O4/c1-17(31-16-26-27-28-31)3-5-21-18(2)34-15-23(21)24(32)30-11-9-29(10-12-30)8-7-19-4-6-22-20(13-19)14-35-25(22)33/h3-6,13,16,23H,2,7-12,14-15H2,1H3. The second kappa shape index (κ2) is 9.83. The van der Waals surface area contributed by atoms with Crippen LogP contribution in [0.2, 0.25) is 0 Å². The molecule has 0 N–H and O–H groups in total. The normalized spacial score (nSPS) is 21.9. The number of cyclic esters (lactones) is 1. The molecule has 182 valence electrons. The molecule has 0 saturated carbocycles. The molecule has 35 heavy (non-hydrogen) atoms. The predicted octanol–water partition coefficient (Wildman–Crippen LogP) is 1.68. The van der Waals surface area contributed by atoms with E-state index in [1.807, 2.05) is 36.1 Å². The van der Waals surface area contributed by atoms with Gasteiger partial charge >= 0.3 is 5.97 Å². The molecule has 0 aliphatic carbocycles. The molecule has 0 spiro atoms. The van der Waals surface area contributed by atoms with Crippen LogP contribution in [0.15, 0.2) is 54.6 Å². The van der Waals surface area contributed by atoms with Gasteiger partial charge in [-0.05, 0) is 41.5 Å². The van der Waals surface area contributed by atoms with Crippen molar-refractivity contribution in [1.82, 2.24) is 30.0 Å². The number of carbonyl (C=O) groups is 2. The van der Waals surface area contributed by atoms with Crippen LogP contribution in [0.1, 0.15) is 28.4 Å². The molecule has 1 amide bonds. The molecule has 0 radical (unpaired) electrons. The number of piperazine rings is 1. The summed E-state index contributed by atoms with van der Waals surface area (Å²) in [7, 11) is 0. The molecule has 1 unspecified atom stereocenters. The number of hydrogen-bond acceptors (Lipinski definition) is 8. The Morgan fingerprint density at radius 1 is 1.23 bits per heavy atom. The average Bonchev–Trinajstić information content (AvgIpc) is 3.62. The molecule has 10 heteroatoms. The topological polar surface area (TPSA) is 103 Å². The van der Waals surface area contributed by atoms with Gasteiger partial charge in [0.15, 0.2) is 0 Å². The zero-order chi connectivity index (χ0) is 24.4. The lowest BCUT2D eigenvalue weighted by Crippen LogP contribution is -2.50. The Balaban J connectivity index is 1.15. The van der Waals surface area contributed by atoms with Crippen molar-refractivity contribution < 1.29 is 19.1 Å². The van der Waals surface area contributed by atoms with Crippen LogP contribution in [0, 0.1) is 5.92 Å². The lowest BCUT2D eigenvalue weighted by Gasteiger charge is -2.35. The van der Waals surface area contributed by atoms with Crippen LogP contribution in [0.3, 0.4) is 0 Å².